The lowest BCUT2D eigenvalue weighted by molar-refractivity contribution is -0.0740. The molecule has 0 saturated heterocycles. The molecule has 1 aliphatic carbocycles. The number of hydrogen-bond donors (Lipinski definition) is 1. The Morgan fingerprint density at radius 2 is 1.90 bits per heavy atom. The fourth-order valence-corrected chi connectivity index (χ4v) is 3.19. The van der Waals surface area contributed by atoms with E-state index in [1.807, 2.05) is 6.92 Å². The van der Waals surface area contributed by atoms with Crippen molar-refractivity contribution in [3.8, 4) is 0 Å². The van der Waals surface area contributed by atoms with Crippen molar-refractivity contribution < 1.29 is 9.26 Å². The van der Waals surface area contributed by atoms with Gasteiger partial charge in [-0.15, -0.1) is 0 Å². The van der Waals surface area contributed by atoms with Gasteiger partial charge in [-0.3, -0.25) is 0 Å². The van der Waals surface area contributed by atoms with Crippen LogP contribution in [0, 0.1) is 5.41 Å². The monoisotopic (exact) mass is 295 g/mol. The Morgan fingerprint density at radius 1 is 1.29 bits per heavy atom. The van der Waals surface area contributed by atoms with Crippen LogP contribution in [0.4, 0.5) is 0 Å². The molecule has 0 aliphatic heterocycles. The highest BCUT2D eigenvalue weighted by Crippen LogP contribution is 2.46. The maximum absolute atomic E-state index is 6.01. The zero-order valence-electron chi connectivity index (χ0n) is 14.0. The lowest BCUT2D eigenvalue weighted by Crippen LogP contribution is -2.37. The van der Waals surface area contributed by atoms with Gasteiger partial charge in [0, 0.05) is 13.2 Å². The predicted molar refractivity (Wildman–Crippen MR) is 81.9 cm³/mol. The summed E-state index contributed by atoms with van der Waals surface area (Å²) in [5, 5.41) is 4.22. The summed E-state index contributed by atoms with van der Waals surface area (Å²) in [6.07, 6.45) is 4.98. The molecule has 2 atom stereocenters. The minimum Gasteiger partial charge on any atom is -0.370 e. The lowest BCUT2D eigenvalue weighted by atomic mass is 9.70. The first kappa shape index (κ1) is 16.4. The molecule has 2 unspecified atom stereocenters. The second-order valence-electron chi connectivity index (χ2n) is 7.19. The van der Waals surface area contributed by atoms with E-state index in [-0.39, 0.29) is 12.0 Å². The van der Waals surface area contributed by atoms with E-state index in [4.69, 9.17) is 15.0 Å². The topological polar surface area (TPSA) is 74.2 Å². The number of ether oxygens (including phenoxy) is 1. The molecule has 5 nitrogen and oxygen atoms in total. The van der Waals surface area contributed by atoms with E-state index in [1.165, 1.54) is 0 Å². The summed E-state index contributed by atoms with van der Waals surface area (Å²) in [5.74, 6) is 1.44. The first-order chi connectivity index (χ1) is 9.83. The Morgan fingerprint density at radius 3 is 2.38 bits per heavy atom. The highest BCUT2D eigenvalue weighted by atomic mass is 16.5. The fraction of sp³-hybridized carbons (Fsp3) is 0.875. The largest absolute Gasteiger partial charge is 0.370 e. The first-order valence-corrected chi connectivity index (χ1v) is 7.98. The fourth-order valence-electron chi connectivity index (χ4n) is 3.19. The van der Waals surface area contributed by atoms with Crippen LogP contribution in [0.2, 0.25) is 0 Å². The molecule has 1 aromatic heterocycles. The molecule has 0 bridgehead atoms. The maximum Gasteiger partial charge on any atom is 0.231 e. The Hall–Kier alpha value is -0.940. The van der Waals surface area contributed by atoms with Crippen LogP contribution in [0.15, 0.2) is 4.52 Å². The van der Waals surface area contributed by atoms with Crippen molar-refractivity contribution in [1.29, 1.82) is 0 Å². The van der Waals surface area contributed by atoms with Gasteiger partial charge in [-0.1, -0.05) is 25.9 Å². The van der Waals surface area contributed by atoms with Crippen LogP contribution in [-0.4, -0.2) is 23.3 Å². The molecule has 0 amide bonds. The number of nitrogens with two attached hydrogens (primary N) is 1. The number of nitrogens with zero attached hydrogens (tertiary/aromatic N) is 2. The molecule has 0 aromatic carbocycles. The minimum absolute atomic E-state index is 0.00656. The smallest absolute Gasteiger partial charge is 0.231 e. The molecule has 1 heterocycles. The lowest BCUT2D eigenvalue weighted by Gasteiger charge is -2.40. The Kier molecular flexibility index (Phi) is 4.73. The summed E-state index contributed by atoms with van der Waals surface area (Å²) < 4.78 is 11.3. The summed E-state index contributed by atoms with van der Waals surface area (Å²) in [5.41, 5.74) is 5.98. The van der Waals surface area contributed by atoms with Gasteiger partial charge < -0.3 is 15.0 Å². The highest BCUT2D eigenvalue weighted by Gasteiger charge is 2.43. The van der Waals surface area contributed by atoms with Crippen LogP contribution in [-0.2, 0) is 10.3 Å². The molecule has 0 radical (unpaired) electrons. The third-order valence-electron chi connectivity index (χ3n) is 5.04. The number of hydrogen-bond acceptors (Lipinski definition) is 5. The molecular formula is C16H29N3O2. The van der Waals surface area contributed by atoms with Crippen molar-refractivity contribution in [3.05, 3.63) is 11.7 Å². The van der Waals surface area contributed by atoms with E-state index in [0.29, 0.717) is 17.1 Å². The van der Waals surface area contributed by atoms with Gasteiger partial charge in [0.15, 0.2) is 0 Å². The maximum atomic E-state index is 6.01. The average molecular weight is 295 g/mol. The molecule has 1 saturated carbocycles. The van der Waals surface area contributed by atoms with E-state index in [2.05, 4.69) is 30.9 Å². The first-order valence-electron chi connectivity index (χ1n) is 7.98. The van der Waals surface area contributed by atoms with Crippen LogP contribution < -0.4 is 5.73 Å². The Bertz CT molecular complexity index is 458. The van der Waals surface area contributed by atoms with E-state index in [0.717, 1.165) is 32.1 Å². The minimum atomic E-state index is -0.395. The van der Waals surface area contributed by atoms with Crippen LogP contribution in [0.1, 0.15) is 77.4 Å². The van der Waals surface area contributed by atoms with Crippen LogP contribution >= 0.6 is 0 Å². The molecule has 0 spiro atoms. The molecule has 1 aromatic rings. The van der Waals surface area contributed by atoms with Crippen molar-refractivity contribution in [1.82, 2.24) is 10.1 Å². The van der Waals surface area contributed by atoms with Crippen molar-refractivity contribution in [2.45, 2.75) is 77.4 Å². The molecule has 1 fully saturated rings. The number of rotatable bonds is 5. The highest BCUT2D eigenvalue weighted by molar-refractivity contribution is 5.07. The van der Waals surface area contributed by atoms with Gasteiger partial charge in [-0.05, 0) is 44.4 Å². The molecule has 21 heavy (non-hydrogen) atoms. The van der Waals surface area contributed by atoms with Crippen molar-refractivity contribution in [2.75, 3.05) is 7.11 Å². The van der Waals surface area contributed by atoms with Gasteiger partial charge >= 0.3 is 0 Å². The molecule has 120 valence electrons. The molecule has 5 heteroatoms. The van der Waals surface area contributed by atoms with E-state index in [1.54, 1.807) is 7.11 Å². The second-order valence-corrected chi connectivity index (χ2v) is 7.19. The Balaban J connectivity index is 2.22. The second kappa shape index (κ2) is 6.05. The third kappa shape index (κ3) is 3.29. The van der Waals surface area contributed by atoms with E-state index >= 15 is 0 Å². The standard InChI is InChI=1S/C16H29N3O2/c1-6-12(11(2)17)13-18-14(19-21-13)16(20-5)9-7-15(3,4)8-10-16/h11-12H,6-10,17H2,1-5H3. The molecule has 1 aliphatic rings. The summed E-state index contributed by atoms with van der Waals surface area (Å²) in [6.45, 7) is 8.68. The van der Waals surface area contributed by atoms with Crippen LogP contribution in [0.25, 0.3) is 0 Å². The molecule has 2 rings (SSSR count). The molecular weight excluding hydrogens is 266 g/mol. The molecule has 2 N–H and O–H groups in total. The quantitative estimate of drug-likeness (QED) is 0.901. The summed E-state index contributed by atoms with van der Waals surface area (Å²) >= 11 is 0. The third-order valence-corrected chi connectivity index (χ3v) is 5.04. The van der Waals surface area contributed by atoms with Gasteiger partial charge in [0.1, 0.15) is 5.60 Å². The van der Waals surface area contributed by atoms with Gasteiger partial charge in [-0.2, -0.15) is 4.98 Å². The normalized spacial score (nSPS) is 23.7. The van der Waals surface area contributed by atoms with Crippen LogP contribution in [0.3, 0.4) is 0 Å². The zero-order chi connectivity index (χ0) is 15.7. The predicted octanol–water partition coefficient (Wildman–Crippen LogP) is 3.35. The SMILES string of the molecule is CCC(c1nc(C2(OC)CCC(C)(C)CC2)no1)C(C)N. The Labute approximate surface area is 127 Å². The summed E-state index contributed by atoms with van der Waals surface area (Å²) in [6, 6.07) is 0.00656. The average Bonchev–Trinajstić information content (AvgIpc) is 2.90. The zero-order valence-corrected chi connectivity index (χ0v) is 14.0. The van der Waals surface area contributed by atoms with Crippen molar-refractivity contribution >= 4 is 0 Å². The van der Waals surface area contributed by atoms with Crippen molar-refractivity contribution in [2.24, 2.45) is 11.1 Å². The summed E-state index contributed by atoms with van der Waals surface area (Å²) in [4.78, 5) is 4.63. The van der Waals surface area contributed by atoms with E-state index in [9.17, 15) is 0 Å². The van der Waals surface area contributed by atoms with Crippen LogP contribution in [0.5, 0.6) is 0 Å². The van der Waals surface area contributed by atoms with Crippen molar-refractivity contribution in [3.63, 3.8) is 0 Å². The van der Waals surface area contributed by atoms with Gasteiger partial charge in [0.05, 0.1) is 5.92 Å². The van der Waals surface area contributed by atoms with E-state index < -0.39 is 5.60 Å². The number of aromatic nitrogens is 2. The van der Waals surface area contributed by atoms with Gasteiger partial charge in [0.2, 0.25) is 11.7 Å². The summed E-state index contributed by atoms with van der Waals surface area (Å²) in [7, 11) is 1.75. The van der Waals surface area contributed by atoms with Gasteiger partial charge in [0.25, 0.3) is 0 Å². The number of methoxy groups -OCH3 is 1. The van der Waals surface area contributed by atoms with Gasteiger partial charge in [-0.25, -0.2) is 0 Å².